The summed E-state index contributed by atoms with van der Waals surface area (Å²) in [6.45, 7) is 0.370. The number of hydrogen-bond donors (Lipinski definition) is 0. The molecule has 0 fully saturated rings. The largest absolute Gasteiger partial charge is 0.488 e. The van der Waals surface area contributed by atoms with Crippen molar-refractivity contribution < 1.29 is 9.53 Å². The first-order chi connectivity index (χ1) is 9.33. The molecule has 0 aliphatic heterocycles. The van der Waals surface area contributed by atoms with Crippen LogP contribution in [0.2, 0.25) is 0 Å². The third-order valence-corrected chi connectivity index (χ3v) is 2.51. The van der Waals surface area contributed by atoms with Gasteiger partial charge < -0.3 is 4.74 Å². The number of benzene rings is 2. The third kappa shape index (κ3) is 3.34. The highest BCUT2D eigenvalue weighted by atomic mass is 16.5. The smallest absolute Gasteiger partial charge is 0.150 e. The molecule has 0 spiro atoms. The molecule has 5 nitrogen and oxygen atoms in total. The van der Waals surface area contributed by atoms with Gasteiger partial charge in [0.05, 0.1) is 5.69 Å². The Bertz CT molecular complexity index is 620. The second-order valence-electron chi connectivity index (χ2n) is 3.81. The molecule has 0 radical (unpaired) electrons. The molecule has 0 aliphatic rings. The van der Waals surface area contributed by atoms with E-state index in [1.54, 1.807) is 12.1 Å². The van der Waals surface area contributed by atoms with Crippen LogP contribution in [0.5, 0.6) is 5.75 Å². The van der Waals surface area contributed by atoms with Gasteiger partial charge in [-0.2, -0.15) is 0 Å². The Kier molecular flexibility index (Phi) is 4.16. The predicted octanol–water partition coefficient (Wildman–Crippen LogP) is 4.02. The molecule has 2 aromatic carbocycles. The number of nitrogens with zero attached hydrogens (tertiary/aromatic N) is 3. The highest BCUT2D eigenvalue weighted by molar-refractivity contribution is 5.77. The molecule has 94 valence electrons. The molecule has 0 aliphatic carbocycles. The molecule has 0 amide bonds. The summed E-state index contributed by atoms with van der Waals surface area (Å²) >= 11 is 0. The molecular weight excluding hydrogens is 242 g/mol. The average Bonchev–Trinajstić information content (AvgIpc) is 2.47. The topological polar surface area (TPSA) is 75.1 Å². The highest BCUT2D eigenvalue weighted by Gasteiger charge is 2.04. The van der Waals surface area contributed by atoms with Crippen LogP contribution >= 0.6 is 0 Å². The Labute approximate surface area is 110 Å². The van der Waals surface area contributed by atoms with Gasteiger partial charge in [0.2, 0.25) is 0 Å². The van der Waals surface area contributed by atoms with Crippen molar-refractivity contribution >= 4 is 12.0 Å². The molecule has 0 bridgehead atoms. The lowest BCUT2D eigenvalue weighted by atomic mass is 10.2. The maximum Gasteiger partial charge on any atom is 0.150 e. The van der Waals surface area contributed by atoms with Crippen molar-refractivity contribution in [2.45, 2.75) is 6.61 Å². The standard InChI is InChI=1S/C14H11N3O2/c15-17-16-13-8-12(9-18)6-7-14(13)19-10-11-4-2-1-3-5-11/h1-9H,10H2. The Hall–Kier alpha value is -2.78. The van der Waals surface area contributed by atoms with E-state index < -0.39 is 0 Å². The predicted molar refractivity (Wildman–Crippen MR) is 71.4 cm³/mol. The number of aldehydes is 1. The van der Waals surface area contributed by atoms with E-state index in [9.17, 15) is 4.79 Å². The van der Waals surface area contributed by atoms with Crippen molar-refractivity contribution in [3.8, 4) is 5.75 Å². The van der Waals surface area contributed by atoms with Gasteiger partial charge in [-0.1, -0.05) is 35.4 Å². The fourth-order valence-electron chi connectivity index (χ4n) is 1.59. The number of carbonyl (C=O) groups is 1. The van der Waals surface area contributed by atoms with Crippen LogP contribution in [0.3, 0.4) is 0 Å². The molecule has 0 saturated carbocycles. The highest BCUT2D eigenvalue weighted by Crippen LogP contribution is 2.29. The van der Waals surface area contributed by atoms with Crippen LogP contribution in [0.25, 0.3) is 10.4 Å². The zero-order valence-electron chi connectivity index (χ0n) is 10.1. The second kappa shape index (κ2) is 6.23. The molecule has 0 N–H and O–H groups in total. The van der Waals surface area contributed by atoms with Gasteiger partial charge in [0, 0.05) is 10.5 Å². The van der Waals surface area contributed by atoms with E-state index in [1.807, 2.05) is 30.3 Å². The van der Waals surface area contributed by atoms with Gasteiger partial charge in [-0.15, -0.1) is 0 Å². The third-order valence-electron chi connectivity index (χ3n) is 2.51. The average molecular weight is 253 g/mol. The zero-order chi connectivity index (χ0) is 13.5. The minimum atomic E-state index is 0.308. The summed E-state index contributed by atoms with van der Waals surface area (Å²) in [6.07, 6.45) is 0.692. The van der Waals surface area contributed by atoms with Crippen molar-refractivity contribution in [2.24, 2.45) is 5.11 Å². The van der Waals surface area contributed by atoms with E-state index in [2.05, 4.69) is 10.0 Å². The van der Waals surface area contributed by atoms with Crippen molar-refractivity contribution in [3.05, 3.63) is 70.1 Å². The van der Waals surface area contributed by atoms with Gasteiger partial charge in [-0.3, -0.25) is 4.79 Å². The van der Waals surface area contributed by atoms with Crippen molar-refractivity contribution in [3.63, 3.8) is 0 Å². The SMILES string of the molecule is [N-]=[N+]=Nc1cc(C=O)ccc1OCc1ccccc1. The summed E-state index contributed by atoms with van der Waals surface area (Å²) in [4.78, 5) is 13.4. The van der Waals surface area contributed by atoms with Crippen LogP contribution in [0.15, 0.2) is 53.6 Å². The summed E-state index contributed by atoms with van der Waals surface area (Å²) in [7, 11) is 0. The Morgan fingerprint density at radius 2 is 2.00 bits per heavy atom. The van der Waals surface area contributed by atoms with Crippen molar-refractivity contribution in [1.82, 2.24) is 0 Å². The molecule has 2 aromatic rings. The van der Waals surface area contributed by atoms with E-state index >= 15 is 0 Å². The monoisotopic (exact) mass is 253 g/mol. The van der Waals surface area contributed by atoms with Crippen molar-refractivity contribution in [2.75, 3.05) is 0 Å². The van der Waals surface area contributed by atoms with E-state index in [4.69, 9.17) is 10.3 Å². The first-order valence-electron chi connectivity index (χ1n) is 5.64. The van der Waals surface area contributed by atoms with Crippen LogP contribution in [0, 0.1) is 0 Å². The number of hydrogen-bond acceptors (Lipinski definition) is 3. The van der Waals surface area contributed by atoms with Crippen LogP contribution in [0.1, 0.15) is 15.9 Å². The lowest BCUT2D eigenvalue weighted by Gasteiger charge is -2.09. The van der Waals surface area contributed by atoms with E-state index in [0.717, 1.165) is 5.56 Å². The number of azide groups is 1. The normalized spacial score (nSPS) is 9.47. The molecule has 0 atom stereocenters. The van der Waals surface area contributed by atoms with Gasteiger partial charge in [0.1, 0.15) is 18.6 Å². The first-order valence-corrected chi connectivity index (χ1v) is 5.64. The van der Waals surface area contributed by atoms with Crippen LogP contribution in [0.4, 0.5) is 5.69 Å². The summed E-state index contributed by atoms with van der Waals surface area (Å²) in [5.74, 6) is 0.451. The fourth-order valence-corrected chi connectivity index (χ4v) is 1.59. The van der Waals surface area contributed by atoms with E-state index in [1.165, 1.54) is 6.07 Å². The number of rotatable bonds is 5. The van der Waals surface area contributed by atoms with E-state index in [-0.39, 0.29) is 0 Å². The molecule has 0 unspecified atom stereocenters. The molecular formula is C14H11N3O2. The lowest BCUT2D eigenvalue weighted by molar-refractivity contribution is 0.112. The molecule has 5 heteroatoms. The van der Waals surface area contributed by atoms with Gasteiger partial charge in [-0.05, 0) is 29.3 Å². The number of carbonyl (C=O) groups excluding carboxylic acids is 1. The van der Waals surface area contributed by atoms with Crippen LogP contribution in [-0.2, 0) is 6.61 Å². The summed E-state index contributed by atoms with van der Waals surface area (Å²) in [5.41, 5.74) is 10.3. The molecule has 0 saturated heterocycles. The number of ether oxygens (including phenoxy) is 1. The first kappa shape index (κ1) is 12.7. The fraction of sp³-hybridized carbons (Fsp3) is 0.0714. The van der Waals surface area contributed by atoms with Crippen molar-refractivity contribution in [1.29, 1.82) is 0 Å². The molecule has 2 rings (SSSR count). The summed E-state index contributed by atoms with van der Waals surface area (Å²) in [5, 5.41) is 3.52. The molecule has 0 aromatic heterocycles. The van der Waals surface area contributed by atoms with Gasteiger partial charge in [0.25, 0.3) is 0 Å². The maximum atomic E-state index is 10.7. The Balaban J connectivity index is 2.20. The van der Waals surface area contributed by atoms with Crippen LogP contribution < -0.4 is 4.74 Å². The molecule has 0 heterocycles. The Morgan fingerprint density at radius 3 is 2.68 bits per heavy atom. The lowest BCUT2D eigenvalue weighted by Crippen LogP contribution is -1.95. The van der Waals surface area contributed by atoms with Gasteiger partial charge in [-0.25, -0.2) is 0 Å². The van der Waals surface area contributed by atoms with Crippen LogP contribution in [-0.4, -0.2) is 6.29 Å². The van der Waals surface area contributed by atoms with Gasteiger partial charge in [0.15, 0.2) is 0 Å². The second-order valence-corrected chi connectivity index (χ2v) is 3.81. The zero-order valence-corrected chi connectivity index (χ0v) is 10.1. The Morgan fingerprint density at radius 1 is 1.21 bits per heavy atom. The minimum absolute atomic E-state index is 0.308. The maximum absolute atomic E-state index is 10.7. The molecule has 19 heavy (non-hydrogen) atoms. The van der Waals surface area contributed by atoms with E-state index in [0.29, 0.717) is 29.9 Å². The quantitative estimate of drug-likeness (QED) is 0.349. The summed E-state index contributed by atoms with van der Waals surface area (Å²) < 4.78 is 5.59. The van der Waals surface area contributed by atoms with Gasteiger partial charge >= 0.3 is 0 Å². The summed E-state index contributed by atoms with van der Waals surface area (Å²) in [6, 6.07) is 14.4. The minimum Gasteiger partial charge on any atom is -0.488 e.